The molecule has 37 heavy (non-hydrogen) atoms. The molecule has 190 valence electrons. The highest BCUT2D eigenvalue weighted by Crippen LogP contribution is 2.36. The lowest BCUT2D eigenvalue weighted by molar-refractivity contribution is 0.0693. The van der Waals surface area contributed by atoms with Crippen molar-refractivity contribution in [2.24, 2.45) is 0 Å². The van der Waals surface area contributed by atoms with Gasteiger partial charge in [-0.15, -0.1) is 0 Å². The van der Waals surface area contributed by atoms with Gasteiger partial charge in [-0.3, -0.25) is 0 Å². The third-order valence-electron chi connectivity index (χ3n) is 7.00. The van der Waals surface area contributed by atoms with E-state index in [0.29, 0.717) is 13.1 Å². The number of carbonyl (C=O) groups excluding carboxylic acids is 1. The van der Waals surface area contributed by atoms with E-state index in [2.05, 4.69) is 35.8 Å². The number of amides is 1. The van der Waals surface area contributed by atoms with Gasteiger partial charge in [0.05, 0.1) is 31.8 Å². The highest BCUT2D eigenvalue weighted by Gasteiger charge is 2.27. The first kappa shape index (κ1) is 24.4. The lowest BCUT2D eigenvalue weighted by Crippen LogP contribution is -2.35. The summed E-state index contributed by atoms with van der Waals surface area (Å²) < 4.78 is 12.6. The SMILES string of the molecule is COC(=O)N1CCc2ccc3c(nc(-c4ccc(C(=O)O)c(OC)c4)n3[C@H](C)Cc3ccccc3)c2C1. The van der Waals surface area contributed by atoms with Crippen molar-refractivity contribution in [1.29, 1.82) is 0 Å². The second-order valence-corrected chi connectivity index (χ2v) is 9.28. The molecular formula is C29H29N3O5. The van der Waals surface area contributed by atoms with Crippen LogP contribution in [0.2, 0.25) is 0 Å². The standard InChI is InChI=1S/C29H29N3O5/c1-18(15-19-7-5-4-6-8-19)32-24-12-10-20-13-14-31(29(35)37-3)17-23(20)26(24)30-27(32)21-9-11-22(28(33)34)25(16-21)36-2/h4-12,16,18H,13-15,17H2,1-3H3,(H,33,34)/t18-/m1/s1. The number of methoxy groups -OCH3 is 2. The highest BCUT2D eigenvalue weighted by atomic mass is 16.5. The number of hydrogen-bond donors (Lipinski definition) is 1. The summed E-state index contributed by atoms with van der Waals surface area (Å²) in [6.45, 7) is 3.17. The van der Waals surface area contributed by atoms with Crippen molar-refractivity contribution in [3.63, 3.8) is 0 Å². The van der Waals surface area contributed by atoms with Gasteiger partial charge in [-0.1, -0.05) is 42.5 Å². The summed E-state index contributed by atoms with van der Waals surface area (Å²) in [6.07, 6.45) is 1.16. The van der Waals surface area contributed by atoms with Crippen molar-refractivity contribution in [1.82, 2.24) is 14.5 Å². The summed E-state index contributed by atoms with van der Waals surface area (Å²) in [6, 6.07) is 19.6. The lowest BCUT2D eigenvalue weighted by Gasteiger charge is -2.28. The number of benzene rings is 3. The molecule has 0 aliphatic carbocycles. The van der Waals surface area contributed by atoms with Crippen LogP contribution in [0.15, 0.2) is 60.7 Å². The van der Waals surface area contributed by atoms with E-state index in [1.165, 1.54) is 25.3 Å². The normalized spacial score (nSPS) is 13.8. The summed E-state index contributed by atoms with van der Waals surface area (Å²) in [7, 11) is 2.86. The van der Waals surface area contributed by atoms with Gasteiger partial charge in [0.25, 0.3) is 0 Å². The summed E-state index contributed by atoms with van der Waals surface area (Å²) in [5.74, 6) is -0.0539. The Morgan fingerprint density at radius 1 is 1.08 bits per heavy atom. The number of imidazole rings is 1. The van der Waals surface area contributed by atoms with Crippen molar-refractivity contribution in [3.8, 4) is 17.1 Å². The van der Waals surface area contributed by atoms with Gasteiger partial charge in [0.15, 0.2) is 0 Å². The lowest BCUT2D eigenvalue weighted by atomic mass is 9.98. The molecule has 0 radical (unpaired) electrons. The van der Waals surface area contributed by atoms with Crippen LogP contribution >= 0.6 is 0 Å². The average Bonchev–Trinajstić information content (AvgIpc) is 3.32. The van der Waals surface area contributed by atoms with Crippen LogP contribution in [0, 0.1) is 0 Å². The molecule has 8 nitrogen and oxygen atoms in total. The highest BCUT2D eigenvalue weighted by molar-refractivity contribution is 5.92. The van der Waals surface area contributed by atoms with E-state index in [9.17, 15) is 14.7 Å². The van der Waals surface area contributed by atoms with Crippen molar-refractivity contribution < 1.29 is 24.2 Å². The Morgan fingerprint density at radius 2 is 1.86 bits per heavy atom. The number of carboxylic acid groups (broad SMARTS) is 1. The fourth-order valence-electron chi connectivity index (χ4n) is 5.18. The maximum absolute atomic E-state index is 12.3. The molecule has 0 bridgehead atoms. The predicted molar refractivity (Wildman–Crippen MR) is 140 cm³/mol. The zero-order valence-corrected chi connectivity index (χ0v) is 21.1. The van der Waals surface area contributed by atoms with Gasteiger partial charge in [-0.05, 0) is 49.1 Å². The molecule has 0 unspecified atom stereocenters. The Labute approximate surface area is 215 Å². The first-order valence-corrected chi connectivity index (χ1v) is 12.2. The van der Waals surface area contributed by atoms with E-state index in [-0.39, 0.29) is 23.4 Å². The van der Waals surface area contributed by atoms with Crippen LogP contribution in [0.4, 0.5) is 4.79 Å². The third kappa shape index (κ3) is 4.50. The van der Waals surface area contributed by atoms with Gasteiger partial charge in [-0.2, -0.15) is 0 Å². The van der Waals surface area contributed by atoms with Crippen molar-refractivity contribution in [2.75, 3.05) is 20.8 Å². The first-order chi connectivity index (χ1) is 17.9. The fraction of sp³-hybridized carbons (Fsp3) is 0.276. The molecule has 8 heteroatoms. The van der Waals surface area contributed by atoms with Crippen LogP contribution in [0.5, 0.6) is 5.75 Å². The molecule has 3 aromatic carbocycles. The largest absolute Gasteiger partial charge is 0.496 e. The minimum atomic E-state index is -1.05. The van der Waals surface area contributed by atoms with Crippen LogP contribution in [-0.4, -0.2) is 52.4 Å². The van der Waals surface area contributed by atoms with Crippen LogP contribution in [0.25, 0.3) is 22.4 Å². The second-order valence-electron chi connectivity index (χ2n) is 9.28. The first-order valence-electron chi connectivity index (χ1n) is 12.2. The number of rotatable bonds is 6. The van der Waals surface area contributed by atoms with Crippen LogP contribution in [0.1, 0.15) is 40.0 Å². The van der Waals surface area contributed by atoms with Crippen LogP contribution in [0.3, 0.4) is 0 Å². The zero-order valence-electron chi connectivity index (χ0n) is 21.1. The number of hydrogen-bond acceptors (Lipinski definition) is 5. The van der Waals surface area contributed by atoms with E-state index in [4.69, 9.17) is 14.5 Å². The Kier molecular flexibility index (Phi) is 6.56. The third-order valence-corrected chi connectivity index (χ3v) is 7.00. The van der Waals surface area contributed by atoms with E-state index in [1.54, 1.807) is 23.1 Å². The number of nitrogens with zero attached hydrogens (tertiary/aromatic N) is 3. The average molecular weight is 500 g/mol. The Balaban J connectivity index is 1.69. The van der Waals surface area contributed by atoms with Crippen LogP contribution in [-0.2, 0) is 24.1 Å². The molecule has 1 aliphatic rings. The number of carbonyl (C=O) groups is 2. The number of ether oxygens (including phenoxy) is 2. The van der Waals surface area contributed by atoms with Gasteiger partial charge >= 0.3 is 12.1 Å². The van der Waals surface area contributed by atoms with Crippen LogP contribution < -0.4 is 4.74 Å². The maximum atomic E-state index is 12.3. The molecule has 4 aromatic rings. The Hall–Kier alpha value is -4.33. The van der Waals surface area contributed by atoms with Gasteiger partial charge < -0.3 is 24.0 Å². The number of aromatic nitrogens is 2. The molecule has 0 spiro atoms. The summed E-state index contributed by atoms with van der Waals surface area (Å²) >= 11 is 0. The molecule has 1 amide bonds. The van der Waals surface area contributed by atoms with Gasteiger partial charge in [-0.25, -0.2) is 14.6 Å². The van der Waals surface area contributed by atoms with E-state index >= 15 is 0 Å². The molecule has 0 saturated carbocycles. The fourth-order valence-corrected chi connectivity index (χ4v) is 5.18. The number of carboxylic acids is 1. The minimum Gasteiger partial charge on any atom is -0.496 e. The number of aromatic carboxylic acids is 1. The minimum absolute atomic E-state index is 0.0471. The maximum Gasteiger partial charge on any atom is 0.409 e. The molecule has 0 saturated heterocycles. The van der Waals surface area contributed by atoms with E-state index in [1.807, 2.05) is 18.2 Å². The molecular weight excluding hydrogens is 470 g/mol. The van der Waals surface area contributed by atoms with Crippen molar-refractivity contribution >= 4 is 23.1 Å². The molecule has 0 fully saturated rings. The Morgan fingerprint density at radius 3 is 2.57 bits per heavy atom. The number of fused-ring (bicyclic) bond motifs is 3. The summed E-state index contributed by atoms with van der Waals surface area (Å²) in [5.41, 5.74) is 6.03. The quantitative estimate of drug-likeness (QED) is 0.385. The van der Waals surface area contributed by atoms with Crippen molar-refractivity contribution in [3.05, 3.63) is 82.9 Å². The topological polar surface area (TPSA) is 93.9 Å². The monoisotopic (exact) mass is 499 g/mol. The van der Waals surface area contributed by atoms with E-state index < -0.39 is 5.97 Å². The zero-order chi connectivity index (χ0) is 26.1. The molecule has 1 N–H and O–H groups in total. The summed E-state index contributed by atoms with van der Waals surface area (Å²) in [4.78, 5) is 30.8. The molecule has 2 heterocycles. The molecule has 1 aliphatic heterocycles. The predicted octanol–water partition coefficient (Wildman–Crippen LogP) is 5.34. The van der Waals surface area contributed by atoms with Crippen molar-refractivity contribution in [2.45, 2.75) is 32.4 Å². The molecule has 1 aromatic heterocycles. The van der Waals surface area contributed by atoms with Gasteiger partial charge in [0.1, 0.15) is 17.1 Å². The molecule has 5 rings (SSSR count). The summed E-state index contributed by atoms with van der Waals surface area (Å²) in [5, 5.41) is 9.56. The van der Waals surface area contributed by atoms with E-state index in [0.717, 1.165) is 40.8 Å². The molecule has 1 atom stereocenters. The van der Waals surface area contributed by atoms with Gasteiger partial charge in [0, 0.05) is 23.7 Å². The van der Waals surface area contributed by atoms with Gasteiger partial charge in [0.2, 0.25) is 0 Å². The Bertz CT molecular complexity index is 1480. The second kappa shape index (κ2) is 9.97. The smallest absolute Gasteiger partial charge is 0.409 e.